The molecule has 0 fully saturated rings. The van der Waals surface area contributed by atoms with E-state index in [2.05, 4.69) is 5.32 Å². The molecule has 0 aliphatic rings. The topological polar surface area (TPSA) is 99.8 Å². The minimum atomic E-state index is -1.19. The lowest BCUT2D eigenvalue weighted by Crippen LogP contribution is -2.41. The lowest BCUT2D eigenvalue weighted by molar-refractivity contribution is -0.139. The summed E-state index contributed by atoms with van der Waals surface area (Å²) < 4.78 is 4.92. The molecule has 0 aliphatic carbocycles. The highest BCUT2D eigenvalue weighted by Crippen LogP contribution is 2.08. The summed E-state index contributed by atoms with van der Waals surface area (Å²) in [6.07, 6.45) is 1.31. The monoisotopic (exact) mass is 227 g/mol. The maximum atomic E-state index is 11.6. The van der Waals surface area contributed by atoms with Crippen LogP contribution in [0.2, 0.25) is 0 Å². The summed E-state index contributed by atoms with van der Waals surface area (Å²) in [5.74, 6) is -1.70. The van der Waals surface area contributed by atoms with Gasteiger partial charge in [0, 0.05) is 18.6 Å². The molecule has 0 aliphatic heterocycles. The lowest BCUT2D eigenvalue weighted by Gasteiger charge is -2.12. The van der Waals surface area contributed by atoms with Gasteiger partial charge in [-0.3, -0.25) is 4.79 Å². The van der Waals surface area contributed by atoms with E-state index in [-0.39, 0.29) is 18.8 Å². The van der Waals surface area contributed by atoms with Crippen molar-refractivity contribution in [3.63, 3.8) is 0 Å². The van der Waals surface area contributed by atoms with Crippen LogP contribution >= 0.6 is 0 Å². The van der Waals surface area contributed by atoms with Crippen LogP contribution in [0.25, 0.3) is 0 Å². The number of carbonyl (C=O) groups is 2. The Bertz CT molecular complexity index is 384. The van der Waals surface area contributed by atoms with E-state index in [0.29, 0.717) is 5.56 Å². The van der Waals surface area contributed by atoms with Gasteiger partial charge < -0.3 is 19.9 Å². The molecule has 6 nitrogen and oxygen atoms in total. The zero-order chi connectivity index (χ0) is 12.1. The van der Waals surface area contributed by atoms with Gasteiger partial charge in [-0.05, 0) is 13.0 Å². The first-order chi connectivity index (χ1) is 7.56. The largest absolute Gasteiger partial charge is 0.480 e. The second-order valence-electron chi connectivity index (χ2n) is 3.31. The molecule has 6 heteroatoms. The molecule has 1 atom stereocenters. The molecule has 1 unspecified atom stereocenters. The summed E-state index contributed by atoms with van der Waals surface area (Å²) in [6.45, 7) is 1.37. The molecule has 0 bridgehead atoms. The number of furan rings is 1. The minimum Gasteiger partial charge on any atom is -0.480 e. The number of hydrogen-bond donors (Lipinski definition) is 3. The Morgan fingerprint density at radius 1 is 1.56 bits per heavy atom. The normalized spacial score (nSPS) is 12.1. The number of aryl methyl sites for hydroxylation is 1. The van der Waals surface area contributed by atoms with Crippen LogP contribution in [0.15, 0.2) is 16.7 Å². The zero-order valence-electron chi connectivity index (χ0n) is 8.77. The van der Waals surface area contributed by atoms with E-state index < -0.39 is 17.9 Å². The Morgan fingerprint density at radius 2 is 2.25 bits per heavy atom. The Kier molecular flexibility index (Phi) is 4.07. The van der Waals surface area contributed by atoms with Crippen LogP contribution in [-0.2, 0) is 4.79 Å². The van der Waals surface area contributed by atoms with Gasteiger partial charge in [0.25, 0.3) is 5.91 Å². The van der Waals surface area contributed by atoms with Crippen molar-refractivity contribution in [3.8, 4) is 0 Å². The van der Waals surface area contributed by atoms with Crippen LogP contribution in [0, 0.1) is 6.92 Å². The number of nitrogens with one attached hydrogen (secondary N) is 1. The number of hydrogen-bond acceptors (Lipinski definition) is 4. The molecule has 3 N–H and O–H groups in total. The number of carboxylic acids is 1. The van der Waals surface area contributed by atoms with Gasteiger partial charge in [-0.25, -0.2) is 4.79 Å². The van der Waals surface area contributed by atoms with Gasteiger partial charge in [0.15, 0.2) is 5.76 Å². The maximum absolute atomic E-state index is 11.6. The van der Waals surface area contributed by atoms with Crippen molar-refractivity contribution in [2.45, 2.75) is 19.4 Å². The second kappa shape index (κ2) is 5.32. The summed E-state index contributed by atoms with van der Waals surface area (Å²) in [5.41, 5.74) is 0.630. The number of aliphatic hydroxyl groups excluding tert-OH is 1. The second-order valence-corrected chi connectivity index (χ2v) is 3.31. The fourth-order valence-corrected chi connectivity index (χ4v) is 1.22. The molecule has 0 saturated carbocycles. The van der Waals surface area contributed by atoms with Crippen LogP contribution in [0.3, 0.4) is 0 Å². The SMILES string of the molecule is Cc1ccoc1C(=O)NC(CCO)C(=O)O. The van der Waals surface area contributed by atoms with E-state index in [1.54, 1.807) is 13.0 Å². The molecule has 1 heterocycles. The smallest absolute Gasteiger partial charge is 0.326 e. The molecular weight excluding hydrogens is 214 g/mol. The van der Waals surface area contributed by atoms with Crippen molar-refractivity contribution in [2.75, 3.05) is 6.61 Å². The molecule has 0 aromatic carbocycles. The minimum absolute atomic E-state index is 0.0408. The summed E-state index contributed by atoms with van der Waals surface area (Å²) in [4.78, 5) is 22.3. The van der Waals surface area contributed by atoms with Gasteiger partial charge in [-0.1, -0.05) is 0 Å². The summed E-state index contributed by atoms with van der Waals surface area (Å²) >= 11 is 0. The van der Waals surface area contributed by atoms with Crippen molar-refractivity contribution in [3.05, 3.63) is 23.7 Å². The Hall–Kier alpha value is -1.82. The fourth-order valence-electron chi connectivity index (χ4n) is 1.22. The third kappa shape index (κ3) is 2.83. The molecule has 1 rings (SSSR count). The predicted octanol–water partition coefficient (Wildman–Crippen LogP) is 0.153. The molecule has 88 valence electrons. The van der Waals surface area contributed by atoms with Crippen LogP contribution in [-0.4, -0.2) is 34.7 Å². The van der Waals surface area contributed by atoms with Gasteiger partial charge in [0.2, 0.25) is 0 Å². The summed E-state index contributed by atoms with van der Waals surface area (Å²) in [6, 6.07) is 0.499. The van der Waals surface area contributed by atoms with Gasteiger partial charge >= 0.3 is 5.97 Å². The average molecular weight is 227 g/mol. The van der Waals surface area contributed by atoms with Gasteiger partial charge in [-0.15, -0.1) is 0 Å². The Labute approximate surface area is 91.9 Å². The number of rotatable bonds is 5. The standard InChI is InChI=1S/C10H13NO5/c1-6-3-5-16-8(6)9(13)11-7(2-4-12)10(14)15/h3,5,7,12H,2,4H2,1H3,(H,11,13)(H,14,15). The van der Waals surface area contributed by atoms with Crippen molar-refractivity contribution in [2.24, 2.45) is 0 Å². The van der Waals surface area contributed by atoms with E-state index in [0.717, 1.165) is 0 Å². The third-order valence-corrected chi connectivity index (χ3v) is 2.09. The van der Waals surface area contributed by atoms with Crippen LogP contribution < -0.4 is 5.32 Å². The van der Waals surface area contributed by atoms with E-state index in [1.165, 1.54) is 6.26 Å². The summed E-state index contributed by atoms with van der Waals surface area (Å²) in [5, 5.41) is 19.7. The number of carboxylic acid groups (broad SMARTS) is 1. The number of amides is 1. The lowest BCUT2D eigenvalue weighted by atomic mass is 10.2. The van der Waals surface area contributed by atoms with Gasteiger partial charge in [0.05, 0.1) is 6.26 Å². The highest BCUT2D eigenvalue weighted by molar-refractivity contribution is 5.95. The Balaban J connectivity index is 2.69. The first-order valence-corrected chi connectivity index (χ1v) is 4.75. The van der Waals surface area contributed by atoms with E-state index in [4.69, 9.17) is 14.6 Å². The highest BCUT2D eigenvalue weighted by atomic mass is 16.4. The van der Waals surface area contributed by atoms with E-state index >= 15 is 0 Å². The van der Waals surface area contributed by atoms with E-state index in [1.807, 2.05) is 0 Å². The quantitative estimate of drug-likeness (QED) is 0.665. The van der Waals surface area contributed by atoms with Crippen molar-refractivity contribution >= 4 is 11.9 Å². The molecule has 1 aromatic rings. The molecule has 0 spiro atoms. The first kappa shape index (κ1) is 12.3. The number of aliphatic carboxylic acids is 1. The third-order valence-electron chi connectivity index (χ3n) is 2.09. The van der Waals surface area contributed by atoms with Crippen molar-refractivity contribution < 1.29 is 24.2 Å². The van der Waals surface area contributed by atoms with Crippen molar-refractivity contribution in [1.29, 1.82) is 0 Å². The van der Waals surface area contributed by atoms with Crippen LogP contribution in [0.4, 0.5) is 0 Å². The molecule has 16 heavy (non-hydrogen) atoms. The molecule has 0 saturated heterocycles. The van der Waals surface area contributed by atoms with Crippen LogP contribution in [0.5, 0.6) is 0 Å². The Morgan fingerprint density at radius 3 is 2.69 bits per heavy atom. The fraction of sp³-hybridized carbons (Fsp3) is 0.400. The first-order valence-electron chi connectivity index (χ1n) is 4.75. The molecular formula is C10H13NO5. The van der Waals surface area contributed by atoms with Crippen LogP contribution in [0.1, 0.15) is 22.5 Å². The molecule has 1 aromatic heterocycles. The number of carbonyl (C=O) groups excluding carboxylic acids is 1. The maximum Gasteiger partial charge on any atom is 0.326 e. The highest BCUT2D eigenvalue weighted by Gasteiger charge is 2.22. The van der Waals surface area contributed by atoms with E-state index in [9.17, 15) is 9.59 Å². The number of aliphatic hydroxyl groups is 1. The van der Waals surface area contributed by atoms with Gasteiger partial charge in [0.1, 0.15) is 6.04 Å². The summed E-state index contributed by atoms with van der Waals surface area (Å²) in [7, 11) is 0. The molecule has 1 amide bonds. The average Bonchev–Trinajstić information content (AvgIpc) is 2.63. The predicted molar refractivity (Wildman–Crippen MR) is 54.0 cm³/mol. The van der Waals surface area contributed by atoms with Crippen molar-refractivity contribution in [1.82, 2.24) is 5.32 Å². The van der Waals surface area contributed by atoms with Gasteiger partial charge in [-0.2, -0.15) is 0 Å². The molecule has 0 radical (unpaired) electrons. The zero-order valence-corrected chi connectivity index (χ0v) is 8.77.